The molecular weight excluding hydrogens is 408 g/mol. The van der Waals surface area contributed by atoms with E-state index in [-0.39, 0.29) is 0 Å². The van der Waals surface area contributed by atoms with E-state index in [4.69, 9.17) is 5.11 Å². The molecule has 0 heterocycles. The van der Waals surface area contributed by atoms with Crippen LogP contribution in [0.15, 0.2) is 0 Å². The normalized spacial score (nSPS) is 11.4. The molecule has 0 saturated heterocycles. The van der Waals surface area contributed by atoms with Crippen molar-refractivity contribution in [2.45, 2.75) is 154 Å². The number of halogens is 1. The van der Waals surface area contributed by atoms with E-state index in [9.17, 15) is 0 Å². The van der Waals surface area contributed by atoms with Crippen LogP contribution in [-0.4, -0.2) is 17.0 Å². The van der Waals surface area contributed by atoms with E-state index in [1.807, 2.05) is 0 Å². The van der Waals surface area contributed by atoms with Crippen LogP contribution in [0.4, 0.5) is 0 Å². The van der Waals surface area contributed by atoms with Crippen molar-refractivity contribution in [2.24, 2.45) is 0 Å². The third-order valence-electron chi connectivity index (χ3n) is 6.04. The van der Waals surface area contributed by atoms with E-state index in [1.165, 1.54) is 153 Å². The maximum absolute atomic E-state index is 8.74. The van der Waals surface area contributed by atoms with E-state index in [0.717, 1.165) is 6.42 Å². The molecule has 0 fully saturated rings. The maximum atomic E-state index is 8.74. The summed E-state index contributed by atoms with van der Waals surface area (Å²) in [5, 5.41) is 9.92. The zero-order valence-corrected chi connectivity index (χ0v) is 20.8. The molecule has 2 heteroatoms. The fourth-order valence-electron chi connectivity index (χ4n) is 4.10. The molecule has 0 aromatic carbocycles. The van der Waals surface area contributed by atoms with Crippen molar-refractivity contribution in [3.63, 3.8) is 0 Å². The molecule has 0 aliphatic rings. The van der Waals surface area contributed by atoms with Crippen molar-refractivity contribution in [1.29, 1.82) is 0 Å². The average Bonchev–Trinajstić information content (AvgIpc) is 2.71. The third-order valence-corrected chi connectivity index (χ3v) is 6.60. The summed E-state index contributed by atoms with van der Waals surface area (Å²) >= 11 is 3.51. The highest BCUT2D eigenvalue weighted by atomic mass is 79.9. The Hall–Kier alpha value is 0.440. The molecule has 0 radical (unpaired) electrons. The Kier molecular flexibility index (Phi) is 27.9. The minimum atomic E-state index is 0.373. The Labute approximate surface area is 187 Å². The fraction of sp³-hybridized carbons (Fsp3) is 1.00. The van der Waals surface area contributed by atoms with Gasteiger partial charge in [-0.05, 0) is 12.8 Å². The van der Waals surface area contributed by atoms with E-state index < -0.39 is 0 Å². The van der Waals surface area contributed by atoms with Gasteiger partial charge in [0.2, 0.25) is 0 Å². The van der Waals surface area contributed by atoms with E-state index >= 15 is 0 Å². The predicted molar refractivity (Wildman–Crippen MR) is 132 cm³/mol. The number of alkyl halides is 1. The molecule has 1 nitrogen and oxygen atoms in total. The van der Waals surface area contributed by atoms with Gasteiger partial charge in [-0.15, -0.1) is 0 Å². The minimum Gasteiger partial charge on any atom is -0.396 e. The monoisotopic (exact) mass is 460 g/mol. The summed E-state index contributed by atoms with van der Waals surface area (Å²) in [4.78, 5) is 0. The van der Waals surface area contributed by atoms with Crippen molar-refractivity contribution in [2.75, 3.05) is 11.9 Å². The van der Waals surface area contributed by atoms with E-state index in [0.29, 0.717) is 6.61 Å². The lowest BCUT2D eigenvalue weighted by atomic mass is 10.0. The topological polar surface area (TPSA) is 20.2 Å². The second-order valence-electron chi connectivity index (χ2n) is 8.90. The van der Waals surface area contributed by atoms with E-state index in [2.05, 4.69) is 15.9 Å². The van der Waals surface area contributed by atoms with Crippen molar-refractivity contribution >= 4 is 15.9 Å². The Morgan fingerprint density at radius 2 is 0.464 bits per heavy atom. The van der Waals surface area contributed by atoms with Crippen molar-refractivity contribution in [3.8, 4) is 0 Å². The van der Waals surface area contributed by atoms with Gasteiger partial charge < -0.3 is 5.11 Å². The average molecular weight is 462 g/mol. The highest BCUT2D eigenvalue weighted by molar-refractivity contribution is 9.09. The zero-order chi connectivity index (χ0) is 20.4. The van der Waals surface area contributed by atoms with Crippen LogP contribution in [0.5, 0.6) is 0 Å². The lowest BCUT2D eigenvalue weighted by molar-refractivity contribution is 0.282. The minimum absolute atomic E-state index is 0.373. The molecule has 1 N–H and O–H groups in total. The first-order valence-corrected chi connectivity index (χ1v) is 14.2. The molecular formula is C26H53BrO. The Morgan fingerprint density at radius 1 is 0.286 bits per heavy atom. The second-order valence-corrected chi connectivity index (χ2v) is 9.69. The smallest absolute Gasteiger partial charge is 0.0431 e. The molecule has 0 atom stereocenters. The summed E-state index contributed by atoms with van der Waals surface area (Å²) < 4.78 is 0. The summed E-state index contributed by atoms with van der Waals surface area (Å²) in [5.74, 6) is 0. The summed E-state index contributed by atoms with van der Waals surface area (Å²) in [5.41, 5.74) is 0. The van der Waals surface area contributed by atoms with Gasteiger partial charge in [-0.2, -0.15) is 0 Å². The number of rotatable bonds is 25. The maximum Gasteiger partial charge on any atom is 0.0431 e. The molecule has 0 bridgehead atoms. The van der Waals surface area contributed by atoms with Crippen LogP contribution in [0.2, 0.25) is 0 Å². The van der Waals surface area contributed by atoms with Crippen LogP contribution < -0.4 is 0 Å². The Morgan fingerprint density at radius 3 is 0.643 bits per heavy atom. The summed E-state index contributed by atoms with van der Waals surface area (Å²) in [6.07, 6.45) is 33.9. The standard InChI is InChI=1S/C26H53BrO/c27-25-23-21-19-17-15-13-11-9-7-5-3-1-2-4-6-8-10-12-14-16-18-20-22-24-26-28/h28H,1-26H2. The molecule has 28 heavy (non-hydrogen) atoms. The lowest BCUT2D eigenvalue weighted by Crippen LogP contribution is -1.85. The van der Waals surface area contributed by atoms with Crippen molar-refractivity contribution < 1.29 is 5.11 Å². The molecule has 0 saturated carbocycles. The highest BCUT2D eigenvalue weighted by Crippen LogP contribution is 2.15. The lowest BCUT2D eigenvalue weighted by Gasteiger charge is -2.04. The van der Waals surface area contributed by atoms with Gasteiger partial charge in [0.25, 0.3) is 0 Å². The largest absolute Gasteiger partial charge is 0.396 e. The number of unbranched alkanes of at least 4 members (excludes halogenated alkanes) is 23. The fourth-order valence-corrected chi connectivity index (χ4v) is 4.49. The predicted octanol–water partition coefficient (Wildman–Crippen LogP) is 9.74. The molecule has 0 aromatic heterocycles. The molecule has 0 aliphatic carbocycles. The molecule has 0 aromatic rings. The Bertz CT molecular complexity index is 231. The number of hydrogen-bond acceptors (Lipinski definition) is 1. The van der Waals surface area contributed by atoms with Gasteiger partial charge in [0, 0.05) is 11.9 Å². The van der Waals surface area contributed by atoms with Gasteiger partial charge in [-0.1, -0.05) is 157 Å². The van der Waals surface area contributed by atoms with Crippen LogP contribution in [0.1, 0.15) is 154 Å². The van der Waals surface area contributed by atoms with Crippen LogP contribution in [0.3, 0.4) is 0 Å². The molecule has 0 aliphatic heterocycles. The summed E-state index contributed by atoms with van der Waals surface area (Å²) in [6, 6.07) is 0. The van der Waals surface area contributed by atoms with Crippen LogP contribution in [-0.2, 0) is 0 Å². The SMILES string of the molecule is OCCCCCCCCCCCCCCCCCCCCCCCCCCBr. The number of aliphatic hydroxyl groups excluding tert-OH is 1. The molecule has 0 rings (SSSR count). The van der Waals surface area contributed by atoms with Crippen molar-refractivity contribution in [3.05, 3.63) is 0 Å². The third kappa shape index (κ3) is 26.4. The molecule has 0 unspecified atom stereocenters. The van der Waals surface area contributed by atoms with Crippen LogP contribution in [0.25, 0.3) is 0 Å². The van der Waals surface area contributed by atoms with Crippen molar-refractivity contribution in [1.82, 2.24) is 0 Å². The molecule has 0 spiro atoms. The highest BCUT2D eigenvalue weighted by Gasteiger charge is 1.96. The number of hydrogen-bond donors (Lipinski definition) is 1. The van der Waals surface area contributed by atoms with Gasteiger partial charge in [0.1, 0.15) is 0 Å². The van der Waals surface area contributed by atoms with Crippen LogP contribution in [0, 0.1) is 0 Å². The van der Waals surface area contributed by atoms with Crippen LogP contribution >= 0.6 is 15.9 Å². The zero-order valence-electron chi connectivity index (χ0n) is 19.2. The van der Waals surface area contributed by atoms with Gasteiger partial charge in [0.05, 0.1) is 0 Å². The van der Waals surface area contributed by atoms with Gasteiger partial charge in [-0.25, -0.2) is 0 Å². The quantitative estimate of drug-likeness (QED) is 0.106. The molecule has 170 valence electrons. The first-order chi connectivity index (χ1) is 13.9. The van der Waals surface area contributed by atoms with Gasteiger partial charge >= 0.3 is 0 Å². The first kappa shape index (κ1) is 28.4. The Balaban J connectivity index is 2.96. The van der Waals surface area contributed by atoms with E-state index in [1.54, 1.807) is 0 Å². The summed E-state index contributed by atoms with van der Waals surface area (Å²) in [7, 11) is 0. The summed E-state index contributed by atoms with van der Waals surface area (Å²) in [6.45, 7) is 0.373. The van der Waals surface area contributed by atoms with Gasteiger partial charge in [0.15, 0.2) is 0 Å². The first-order valence-electron chi connectivity index (χ1n) is 13.1. The number of aliphatic hydroxyl groups is 1. The molecule has 0 amide bonds. The second kappa shape index (κ2) is 27.4. The van der Waals surface area contributed by atoms with Gasteiger partial charge in [-0.3, -0.25) is 0 Å².